The number of halogens is 3. The molecule has 1 aliphatic rings. The number of benzene rings is 1. The van der Waals surface area contributed by atoms with E-state index in [-0.39, 0.29) is 4.90 Å². The molecule has 20 heavy (non-hydrogen) atoms. The topological polar surface area (TPSA) is 57.6 Å². The van der Waals surface area contributed by atoms with Crippen molar-refractivity contribution >= 4 is 12.0 Å². The van der Waals surface area contributed by atoms with Crippen molar-refractivity contribution in [3.05, 3.63) is 35.9 Å². The highest BCUT2D eigenvalue weighted by atomic mass is 19.4. The fourth-order valence-corrected chi connectivity index (χ4v) is 2.42. The fourth-order valence-electron chi connectivity index (χ4n) is 2.42. The maximum Gasteiger partial charge on any atom is 0.414 e. The summed E-state index contributed by atoms with van der Waals surface area (Å²) in [6.07, 6.45) is -7.52. The average Bonchev–Trinajstić information content (AvgIpc) is 2.69. The second-order valence-electron chi connectivity index (χ2n) is 4.73. The Labute approximate surface area is 112 Å². The van der Waals surface area contributed by atoms with E-state index in [1.54, 1.807) is 18.2 Å². The Kier molecular flexibility index (Phi) is 3.45. The Bertz CT molecular complexity index is 529. The summed E-state index contributed by atoms with van der Waals surface area (Å²) in [5.41, 5.74) is -2.29. The van der Waals surface area contributed by atoms with Crippen molar-refractivity contribution in [2.75, 3.05) is 6.54 Å². The van der Waals surface area contributed by atoms with Gasteiger partial charge in [0.1, 0.15) is 0 Å². The van der Waals surface area contributed by atoms with Crippen molar-refractivity contribution in [3.63, 3.8) is 0 Å². The summed E-state index contributed by atoms with van der Waals surface area (Å²) in [6.45, 7) is -0.430. The highest BCUT2D eigenvalue weighted by molar-refractivity contribution is 5.97. The van der Waals surface area contributed by atoms with Crippen LogP contribution in [0.5, 0.6) is 0 Å². The van der Waals surface area contributed by atoms with Gasteiger partial charge in [-0.15, -0.1) is 0 Å². The molecule has 0 bridgehead atoms. The molecule has 0 aromatic heterocycles. The lowest BCUT2D eigenvalue weighted by Crippen LogP contribution is -2.48. The minimum absolute atomic E-state index is 0.246. The number of rotatable bonds is 2. The number of amides is 2. The predicted molar refractivity (Wildman–Crippen MR) is 63.0 cm³/mol. The average molecular weight is 287 g/mol. The maximum absolute atomic E-state index is 13.3. The molecular weight excluding hydrogens is 275 g/mol. The van der Waals surface area contributed by atoms with Gasteiger partial charge in [-0.1, -0.05) is 30.3 Å². The summed E-state index contributed by atoms with van der Waals surface area (Å²) in [6, 6.07) is 7.79. The zero-order chi connectivity index (χ0) is 15.0. The molecule has 1 heterocycles. The zero-order valence-corrected chi connectivity index (χ0v) is 10.4. The van der Waals surface area contributed by atoms with Gasteiger partial charge in [0.2, 0.25) is 5.91 Å². The minimum Gasteiger partial charge on any atom is -0.465 e. The lowest BCUT2D eigenvalue weighted by atomic mass is 9.79. The van der Waals surface area contributed by atoms with Crippen LogP contribution in [0.25, 0.3) is 0 Å². The van der Waals surface area contributed by atoms with E-state index < -0.39 is 43.0 Å². The molecule has 1 N–H and O–H groups in total. The first-order valence-electron chi connectivity index (χ1n) is 5.93. The number of nitrogens with zero attached hydrogens (tertiary/aromatic N) is 1. The number of hydrogen-bond donors (Lipinski definition) is 1. The van der Waals surface area contributed by atoms with Crippen molar-refractivity contribution in [3.8, 4) is 0 Å². The van der Waals surface area contributed by atoms with Crippen LogP contribution < -0.4 is 0 Å². The summed E-state index contributed by atoms with van der Waals surface area (Å²) in [4.78, 5) is 23.0. The number of likely N-dealkylation sites (tertiary alicyclic amines) is 1. The van der Waals surface area contributed by atoms with Crippen LogP contribution in [0.1, 0.15) is 12.0 Å². The summed E-state index contributed by atoms with van der Waals surface area (Å²) < 4.78 is 40.0. The van der Waals surface area contributed by atoms with Crippen LogP contribution in [0.4, 0.5) is 18.0 Å². The van der Waals surface area contributed by atoms with Gasteiger partial charge >= 0.3 is 12.3 Å². The van der Waals surface area contributed by atoms with Crippen LogP contribution in [-0.4, -0.2) is 34.7 Å². The summed E-state index contributed by atoms with van der Waals surface area (Å²) in [5.74, 6) is -1.39. The highest BCUT2D eigenvalue weighted by Gasteiger charge is 2.64. The van der Waals surface area contributed by atoms with E-state index in [1.165, 1.54) is 12.1 Å². The molecule has 0 saturated carbocycles. The third kappa shape index (κ3) is 2.23. The fraction of sp³-hybridized carbons (Fsp3) is 0.385. The van der Waals surface area contributed by atoms with Gasteiger partial charge in [0.05, 0.1) is 0 Å². The van der Waals surface area contributed by atoms with Gasteiger partial charge in [-0.25, -0.2) is 9.69 Å². The molecule has 108 valence electrons. The quantitative estimate of drug-likeness (QED) is 0.909. The van der Waals surface area contributed by atoms with Crippen LogP contribution in [0.2, 0.25) is 0 Å². The maximum atomic E-state index is 13.3. The lowest BCUT2D eigenvalue weighted by molar-refractivity contribution is -0.218. The van der Waals surface area contributed by atoms with Gasteiger partial charge in [0.25, 0.3) is 0 Å². The first-order chi connectivity index (χ1) is 9.28. The molecule has 1 aromatic carbocycles. The molecule has 2 rings (SSSR count). The number of carbonyl (C=O) groups is 2. The number of alkyl halides is 3. The Morgan fingerprint density at radius 1 is 1.30 bits per heavy atom. The smallest absolute Gasteiger partial charge is 0.414 e. The van der Waals surface area contributed by atoms with Gasteiger partial charge in [-0.3, -0.25) is 4.79 Å². The van der Waals surface area contributed by atoms with E-state index >= 15 is 0 Å². The Morgan fingerprint density at radius 2 is 1.90 bits per heavy atom. The molecule has 2 amide bonds. The lowest BCUT2D eigenvalue weighted by Gasteiger charge is -2.29. The summed E-state index contributed by atoms with van der Waals surface area (Å²) in [7, 11) is 0. The molecule has 0 aliphatic carbocycles. The van der Waals surface area contributed by atoms with Crippen molar-refractivity contribution < 1.29 is 27.9 Å². The second-order valence-corrected chi connectivity index (χ2v) is 4.73. The molecule has 1 unspecified atom stereocenters. The van der Waals surface area contributed by atoms with E-state index in [0.717, 1.165) is 0 Å². The summed E-state index contributed by atoms with van der Waals surface area (Å²) >= 11 is 0. The molecule has 4 nitrogen and oxygen atoms in total. The molecule has 1 aliphatic heterocycles. The van der Waals surface area contributed by atoms with Crippen LogP contribution in [0, 0.1) is 5.41 Å². The van der Waals surface area contributed by atoms with Crippen LogP contribution >= 0.6 is 0 Å². The molecule has 1 fully saturated rings. The number of carbonyl (C=O) groups excluding carboxylic acids is 1. The molecule has 1 aromatic rings. The molecule has 0 radical (unpaired) electrons. The normalized spacial score (nSPS) is 23.1. The first-order valence-corrected chi connectivity index (χ1v) is 5.93. The van der Waals surface area contributed by atoms with E-state index in [4.69, 9.17) is 5.11 Å². The first kappa shape index (κ1) is 14.4. The van der Waals surface area contributed by atoms with E-state index in [2.05, 4.69) is 0 Å². The van der Waals surface area contributed by atoms with Crippen LogP contribution in [0.15, 0.2) is 30.3 Å². The van der Waals surface area contributed by atoms with Gasteiger partial charge < -0.3 is 5.11 Å². The molecule has 1 saturated heterocycles. The number of imide groups is 1. The monoisotopic (exact) mass is 287 g/mol. The highest BCUT2D eigenvalue weighted by Crippen LogP contribution is 2.48. The predicted octanol–water partition coefficient (Wildman–Crippen LogP) is 2.69. The van der Waals surface area contributed by atoms with Gasteiger partial charge in [-0.05, 0) is 18.4 Å². The van der Waals surface area contributed by atoms with Gasteiger partial charge in [0.15, 0.2) is 5.41 Å². The third-order valence-corrected chi connectivity index (χ3v) is 3.54. The third-order valence-electron chi connectivity index (χ3n) is 3.54. The van der Waals surface area contributed by atoms with Crippen molar-refractivity contribution in [1.82, 2.24) is 4.90 Å². The van der Waals surface area contributed by atoms with Gasteiger partial charge in [0, 0.05) is 6.54 Å². The molecular formula is C13H12F3NO3. The van der Waals surface area contributed by atoms with Gasteiger partial charge in [-0.2, -0.15) is 13.2 Å². The molecule has 7 heteroatoms. The van der Waals surface area contributed by atoms with E-state index in [1.807, 2.05) is 0 Å². The Hall–Kier alpha value is -2.05. The number of hydrogen-bond acceptors (Lipinski definition) is 2. The second kappa shape index (κ2) is 4.81. The van der Waals surface area contributed by atoms with E-state index in [0.29, 0.717) is 5.56 Å². The van der Waals surface area contributed by atoms with Crippen molar-refractivity contribution in [1.29, 1.82) is 0 Å². The van der Waals surface area contributed by atoms with E-state index in [9.17, 15) is 22.8 Å². The standard InChI is InChI=1S/C13H12F3NO3/c14-13(15,16)12(8-9-4-2-1-3-5-9)6-7-17(10(12)18)11(19)20/h1-5H,6-8H2,(H,19,20). The largest absolute Gasteiger partial charge is 0.465 e. The molecule has 0 spiro atoms. The Morgan fingerprint density at radius 3 is 2.35 bits per heavy atom. The van der Waals surface area contributed by atoms with Crippen LogP contribution in [0.3, 0.4) is 0 Å². The number of carboxylic acid groups (broad SMARTS) is 1. The Balaban J connectivity index is 2.39. The minimum atomic E-state index is -4.79. The van der Waals surface area contributed by atoms with Crippen molar-refractivity contribution in [2.45, 2.75) is 19.0 Å². The summed E-state index contributed by atoms with van der Waals surface area (Å²) in [5, 5.41) is 8.79. The SMILES string of the molecule is O=C(O)N1CCC(Cc2ccccc2)(C(F)(F)F)C1=O. The van der Waals surface area contributed by atoms with Crippen LogP contribution in [-0.2, 0) is 11.2 Å². The zero-order valence-electron chi connectivity index (χ0n) is 10.4. The molecule has 1 atom stereocenters. The van der Waals surface area contributed by atoms with Crippen molar-refractivity contribution in [2.24, 2.45) is 5.41 Å².